The highest BCUT2D eigenvalue weighted by molar-refractivity contribution is 5.20. The molecule has 1 rings (SSSR count). The number of rotatable bonds is 2. The van der Waals surface area contributed by atoms with Crippen molar-refractivity contribution in [2.75, 3.05) is 0 Å². The van der Waals surface area contributed by atoms with Crippen molar-refractivity contribution in [1.82, 2.24) is 0 Å². The molecule has 3 atom stereocenters. The van der Waals surface area contributed by atoms with Gasteiger partial charge in [0.2, 0.25) is 0 Å². The molecule has 1 aliphatic carbocycles. The van der Waals surface area contributed by atoms with E-state index in [9.17, 15) is 0 Å². The van der Waals surface area contributed by atoms with Crippen molar-refractivity contribution < 1.29 is 9.47 Å². The van der Waals surface area contributed by atoms with Gasteiger partial charge in [-0.3, -0.25) is 0 Å². The zero-order valence-corrected chi connectivity index (χ0v) is 14.3. The third kappa shape index (κ3) is 4.92. The summed E-state index contributed by atoms with van der Waals surface area (Å²) in [6.45, 7) is 19.4. The molecule has 0 aromatic carbocycles. The van der Waals surface area contributed by atoms with Crippen LogP contribution in [-0.4, -0.2) is 23.4 Å². The summed E-state index contributed by atoms with van der Waals surface area (Å²) < 4.78 is 12.6. The molecule has 2 nitrogen and oxygen atoms in total. The first-order valence-corrected chi connectivity index (χ1v) is 7.42. The summed E-state index contributed by atoms with van der Waals surface area (Å²) in [5.74, 6) is 0.417. The summed E-state index contributed by atoms with van der Waals surface area (Å²) in [6.07, 6.45) is 1.27. The van der Waals surface area contributed by atoms with Gasteiger partial charge in [0.05, 0.1) is 23.4 Å². The Morgan fingerprint density at radius 3 is 1.79 bits per heavy atom. The predicted octanol–water partition coefficient (Wildman–Crippen LogP) is 4.73. The first-order chi connectivity index (χ1) is 8.41. The number of ether oxygens (including phenoxy) is 2. The Labute approximate surface area is 119 Å². The molecule has 19 heavy (non-hydrogen) atoms. The fourth-order valence-electron chi connectivity index (χ4n) is 2.69. The van der Waals surface area contributed by atoms with Gasteiger partial charge in [-0.15, -0.1) is 0 Å². The minimum atomic E-state index is -0.135. The third-order valence-corrected chi connectivity index (χ3v) is 3.72. The highest BCUT2D eigenvalue weighted by atomic mass is 16.6. The van der Waals surface area contributed by atoms with Gasteiger partial charge >= 0.3 is 0 Å². The van der Waals surface area contributed by atoms with E-state index in [-0.39, 0.29) is 23.4 Å². The Balaban J connectivity index is 2.98. The Morgan fingerprint density at radius 2 is 1.37 bits per heavy atom. The summed E-state index contributed by atoms with van der Waals surface area (Å²) in [5.41, 5.74) is 2.65. The summed E-state index contributed by atoms with van der Waals surface area (Å²) in [6, 6.07) is 0. The van der Waals surface area contributed by atoms with Gasteiger partial charge in [-0.25, -0.2) is 0 Å². The molecule has 112 valence electrons. The van der Waals surface area contributed by atoms with E-state index in [1.54, 1.807) is 0 Å². The lowest BCUT2D eigenvalue weighted by Crippen LogP contribution is -2.47. The SMILES string of the molecule is CC1=C(C)C(C)C(OC(C)(C)C)C(OC(C)(C)C)C1. The molecule has 0 amide bonds. The third-order valence-electron chi connectivity index (χ3n) is 3.72. The molecular formula is C17H32O2. The Hall–Kier alpha value is -0.340. The van der Waals surface area contributed by atoms with Crippen LogP contribution in [0.4, 0.5) is 0 Å². The van der Waals surface area contributed by atoms with Gasteiger partial charge in [0.15, 0.2) is 0 Å². The molecule has 0 saturated heterocycles. The molecule has 1 aliphatic rings. The normalized spacial score (nSPS) is 29.8. The maximum absolute atomic E-state index is 6.31. The monoisotopic (exact) mass is 268 g/mol. The lowest BCUT2D eigenvalue weighted by atomic mass is 9.80. The van der Waals surface area contributed by atoms with Crippen molar-refractivity contribution in [3.8, 4) is 0 Å². The fourth-order valence-corrected chi connectivity index (χ4v) is 2.69. The molecule has 0 aromatic rings. The van der Waals surface area contributed by atoms with Gasteiger partial charge in [-0.2, -0.15) is 0 Å². The minimum Gasteiger partial charge on any atom is -0.370 e. The smallest absolute Gasteiger partial charge is 0.0909 e. The molecule has 0 fully saturated rings. The van der Waals surface area contributed by atoms with E-state index in [1.807, 2.05) is 0 Å². The van der Waals surface area contributed by atoms with Crippen LogP contribution in [-0.2, 0) is 9.47 Å². The standard InChI is InChI=1S/C17H32O2/c1-11-10-14(18-16(4,5)6)15(13(3)12(11)2)19-17(7,8)9/h13-15H,10H2,1-9H3. The number of hydrogen-bond donors (Lipinski definition) is 0. The van der Waals surface area contributed by atoms with Crippen molar-refractivity contribution in [3.05, 3.63) is 11.1 Å². The van der Waals surface area contributed by atoms with E-state index < -0.39 is 0 Å². The van der Waals surface area contributed by atoms with Crippen LogP contribution in [0.2, 0.25) is 0 Å². The molecule has 0 aromatic heterocycles. The number of hydrogen-bond acceptors (Lipinski definition) is 2. The van der Waals surface area contributed by atoms with Crippen molar-refractivity contribution in [2.24, 2.45) is 5.92 Å². The maximum Gasteiger partial charge on any atom is 0.0909 e. The molecule has 0 heterocycles. The van der Waals surface area contributed by atoms with Crippen LogP contribution < -0.4 is 0 Å². The quantitative estimate of drug-likeness (QED) is 0.674. The summed E-state index contributed by atoms with van der Waals surface area (Å²) >= 11 is 0. The van der Waals surface area contributed by atoms with Gasteiger partial charge < -0.3 is 9.47 Å². The van der Waals surface area contributed by atoms with E-state index in [2.05, 4.69) is 62.3 Å². The molecule has 0 N–H and O–H groups in total. The molecule has 0 bridgehead atoms. The summed E-state index contributed by atoms with van der Waals surface area (Å²) in [7, 11) is 0. The van der Waals surface area contributed by atoms with E-state index >= 15 is 0 Å². The average Bonchev–Trinajstić information content (AvgIpc) is 2.17. The van der Waals surface area contributed by atoms with E-state index in [4.69, 9.17) is 9.47 Å². The minimum absolute atomic E-state index is 0.130. The first kappa shape index (κ1) is 16.7. The van der Waals surface area contributed by atoms with Gasteiger partial charge in [0.25, 0.3) is 0 Å². The Morgan fingerprint density at radius 1 is 0.895 bits per heavy atom. The maximum atomic E-state index is 6.31. The highest BCUT2D eigenvalue weighted by Crippen LogP contribution is 2.37. The van der Waals surface area contributed by atoms with Crippen molar-refractivity contribution in [1.29, 1.82) is 0 Å². The van der Waals surface area contributed by atoms with Crippen LogP contribution in [0.3, 0.4) is 0 Å². The first-order valence-electron chi connectivity index (χ1n) is 7.42. The van der Waals surface area contributed by atoms with Crippen LogP contribution >= 0.6 is 0 Å². The molecule has 0 spiro atoms. The zero-order valence-electron chi connectivity index (χ0n) is 14.3. The Bertz CT molecular complexity index is 341. The van der Waals surface area contributed by atoms with Crippen LogP contribution in [0.5, 0.6) is 0 Å². The van der Waals surface area contributed by atoms with Gasteiger partial charge in [0, 0.05) is 5.92 Å². The second kappa shape index (κ2) is 5.57. The van der Waals surface area contributed by atoms with E-state index in [1.165, 1.54) is 11.1 Å². The average molecular weight is 268 g/mol. The molecular weight excluding hydrogens is 236 g/mol. The molecule has 0 saturated carbocycles. The second-order valence-corrected chi connectivity index (χ2v) is 7.92. The largest absolute Gasteiger partial charge is 0.370 e. The van der Waals surface area contributed by atoms with Gasteiger partial charge in [0.1, 0.15) is 0 Å². The van der Waals surface area contributed by atoms with Crippen LogP contribution in [0.25, 0.3) is 0 Å². The fraction of sp³-hybridized carbons (Fsp3) is 0.882. The molecule has 0 radical (unpaired) electrons. The van der Waals surface area contributed by atoms with Crippen LogP contribution in [0, 0.1) is 5.92 Å². The van der Waals surface area contributed by atoms with E-state index in [0.717, 1.165) is 6.42 Å². The summed E-state index contributed by atoms with van der Waals surface area (Å²) in [5, 5.41) is 0. The van der Waals surface area contributed by atoms with Crippen LogP contribution in [0.15, 0.2) is 11.1 Å². The van der Waals surface area contributed by atoms with Crippen molar-refractivity contribution in [2.45, 2.75) is 92.1 Å². The molecule has 3 unspecified atom stereocenters. The zero-order chi connectivity index (χ0) is 15.0. The van der Waals surface area contributed by atoms with Crippen molar-refractivity contribution in [3.63, 3.8) is 0 Å². The lowest BCUT2D eigenvalue weighted by Gasteiger charge is -2.43. The predicted molar refractivity (Wildman–Crippen MR) is 81.4 cm³/mol. The highest BCUT2D eigenvalue weighted by Gasteiger charge is 2.38. The second-order valence-electron chi connectivity index (χ2n) is 7.92. The molecule has 2 heteroatoms. The van der Waals surface area contributed by atoms with Crippen molar-refractivity contribution >= 4 is 0 Å². The molecule has 0 aliphatic heterocycles. The summed E-state index contributed by atoms with van der Waals surface area (Å²) in [4.78, 5) is 0. The topological polar surface area (TPSA) is 18.5 Å². The van der Waals surface area contributed by atoms with Gasteiger partial charge in [-0.1, -0.05) is 18.1 Å². The Kier molecular flexibility index (Phi) is 4.90. The van der Waals surface area contributed by atoms with E-state index in [0.29, 0.717) is 5.92 Å². The van der Waals surface area contributed by atoms with Gasteiger partial charge in [-0.05, 0) is 61.8 Å². The van der Waals surface area contributed by atoms with Crippen LogP contribution in [0.1, 0.15) is 68.7 Å². The lowest BCUT2D eigenvalue weighted by molar-refractivity contribution is -0.177.